The van der Waals surface area contributed by atoms with Gasteiger partial charge in [-0.15, -0.1) is 0 Å². The van der Waals surface area contributed by atoms with Crippen molar-refractivity contribution in [2.75, 3.05) is 37.2 Å². The SMILES string of the molecule is Nc1cccc2c(NC(=O)N3CCNCC3)cccc12. The second-order valence-corrected chi connectivity index (χ2v) is 4.92. The van der Waals surface area contributed by atoms with Crippen molar-refractivity contribution in [1.82, 2.24) is 10.2 Å². The van der Waals surface area contributed by atoms with E-state index in [1.54, 1.807) is 0 Å². The van der Waals surface area contributed by atoms with Gasteiger partial charge in [0.15, 0.2) is 0 Å². The zero-order valence-electron chi connectivity index (χ0n) is 11.2. The van der Waals surface area contributed by atoms with Gasteiger partial charge < -0.3 is 21.3 Å². The van der Waals surface area contributed by atoms with Crippen LogP contribution in [0.3, 0.4) is 0 Å². The van der Waals surface area contributed by atoms with Crippen LogP contribution in [0, 0.1) is 0 Å². The molecule has 0 radical (unpaired) electrons. The molecule has 1 aliphatic heterocycles. The number of nitrogen functional groups attached to an aromatic ring is 1. The van der Waals surface area contributed by atoms with E-state index in [9.17, 15) is 4.79 Å². The molecule has 0 spiro atoms. The van der Waals surface area contributed by atoms with E-state index in [2.05, 4.69) is 10.6 Å². The van der Waals surface area contributed by atoms with E-state index in [1.807, 2.05) is 41.3 Å². The monoisotopic (exact) mass is 270 g/mol. The van der Waals surface area contributed by atoms with Crippen LogP contribution in [0.25, 0.3) is 10.8 Å². The predicted molar refractivity (Wildman–Crippen MR) is 81.8 cm³/mol. The van der Waals surface area contributed by atoms with Gasteiger partial charge in [-0.3, -0.25) is 0 Å². The lowest BCUT2D eigenvalue weighted by atomic mass is 10.1. The van der Waals surface area contributed by atoms with Gasteiger partial charge in [0.05, 0.1) is 5.69 Å². The van der Waals surface area contributed by atoms with Crippen LogP contribution in [0.4, 0.5) is 16.2 Å². The molecule has 1 heterocycles. The minimum absolute atomic E-state index is 0.0542. The van der Waals surface area contributed by atoms with Crippen LogP contribution in [0.1, 0.15) is 0 Å². The number of rotatable bonds is 1. The van der Waals surface area contributed by atoms with Crippen LogP contribution in [0.5, 0.6) is 0 Å². The molecule has 1 aliphatic rings. The highest BCUT2D eigenvalue weighted by molar-refractivity contribution is 6.05. The average Bonchev–Trinajstić information content (AvgIpc) is 2.49. The lowest BCUT2D eigenvalue weighted by Gasteiger charge is -2.27. The van der Waals surface area contributed by atoms with E-state index in [0.29, 0.717) is 0 Å². The molecular formula is C15H18N4O. The molecule has 2 aromatic carbocycles. The van der Waals surface area contributed by atoms with Crippen LogP contribution in [0.2, 0.25) is 0 Å². The summed E-state index contributed by atoms with van der Waals surface area (Å²) in [4.78, 5) is 14.1. The van der Waals surface area contributed by atoms with E-state index in [0.717, 1.165) is 48.3 Å². The minimum atomic E-state index is -0.0542. The first-order chi connectivity index (χ1) is 9.75. The number of hydrogen-bond acceptors (Lipinski definition) is 3. The number of anilines is 2. The molecule has 104 valence electrons. The van der Waals surface area contributed by atoms with Crippen LogP contribution < -0.4 is 16.4 Å². The molecule has 1 saturated heterocycles. The van der Waals surface area contributed by atoms with Crippen molar-refractivity contribution >= 4 is 28.2 Å². The van der Waals surface area contributed by atoms with Crippen molar-refractivity contribution in [3.63, 3.8) is 0 Å². The molecule has 4 N–H and O–H groups in total. The normalized spacial score (nSPS) is 15.3. The third-order valence-electron chi connectivity index (χ3n) is 3.60. The fourth-order valence-electron chi connectivity index (χ4n) is 2.51. The Labute approximate surface area is 117 Å². The summed E-state index contributed by atoms with van der Waals surface area (Å²) in [5, 5.41) is 8.15. The van der Waals surface area contributed by atoms with Crippen molar-refractivity contribution in [3.8, 4) is 0 Å². The fraction of sp³-hybridized carbons (Fsp3) is 0.267. The Balaban J connectivity index is 1.87. The summed E-state index contributed by atoms with van der Waals surface area (Å²) in [5.41, 5.74) is 7.49. The number of nitrogens with zero attached hydrogens (tertiary/aromatic N) is 1. The topological polar surface area (TPSA) is 70.4 Å². The van der Waals surface area contributed by atoms with Gasteiger partial charge in [-0.05, 0) is 12.1 Å². The summed E-state index contributed by atoms with van der Waals surface area (Å²) in [5.74, 6) is 0. The zero-order chi connectivity index (χ0) is 13.9. The Morgan fingerprint density at radius 3 is 2.60 bits per heavy atom. The zero-order valence-corrected chi connectivity index (χ0v) is 11.2. The van der Waals surface area contributed by atoms with E-state index >= 15 is 0 Å². The fourth-order valence-corrected chi connectivity index (χ4v) is 2.51. The van der Waals surface area contributed by atoms with Gasteiger partial charge in [0.2, 0.25) is 0 Å². The molecule has 3 rings (SSSR count). The molecular weight excluding hydrogens is 252 g/mol. The molecule has 0 bridgehead atoms. The number of nitrogens with one attached hydrogen (secondary N) is 2. The predicted octanol–water partition coefficient (Wildman–Crippen LogP) is 1.86. The number of benzene rings is 2. The van der Waals surface area contributed by atoms with Crippen LogP contribution in [-0.2, 0) is 0 Å². The second kappa shape index (κ2) is 5.38. The van der Waals surface area contributed by atoms with Crippen LogP contribution in [-0.4, -0.2) is 37.1 Å². The maximum atomic E-state index is 12.3. The third kappa shape index (κ3) is 2.40. The van der Waals surface area contributed by atoms with E-state index in [4.69, 9.17) is 5.73 Å². The van der Waals surface area contributed by atoms with Crippen molar-refractivity contribution < 1.29 is 4.79 Å². The van der Waals surface area contributed by atoms with Crippen molar-refractivity contribution in [3.05, 3.63) is 36.4 Å². The Bertz CT molecular complexity index is 635. The number of fused-ring (bicyclic) bond motifs is 1. The molecule has 0 saturated carbocycles. The van der Waals surface area contributed by atoms with Gasteiger partial charge >= 0.3 is 6.03 Å². The standard InChI is InChI=1S/C15H18N4O/c16-13-5-1-4-12-11(13)3-2-6-14(12)18-15(20)19-9-7-17-8-10-19/h1-6,17H,7-10,16H2,(H,18,20). The van der Waals surface area contributed by atoms with E-state index < -0.39 is 0 Å². The molecule has 2 aromatic rings. The molecule has 0 unspecified atom stereocenters. The number of carbonyl (C=O) groups excluding carboxylic acids is 1. The van der Waals surface area contributed by atoms with Crippen LogP contribution >= 0.6 is 0 Å². The van der Waals surface area contributed by atoms with Gasteiger partial charge in [0.1, 0.15) is 0 Å². The number of urea groups is 1. The molecule has 0 aromatic heterocycles. The summed E-state index contributed by atoms with van der Waals surface area (Å²) < 4.78 is 0. The summed E-state index contributed by atoms with van der Waals surface area (Å²) in [6, 6.07) is 11.5. The number of piperazine rings is 1. The smallest absolute Gasteiger partial charge is 0.321 e. The van der Waals surface area contributed by atoms with Crippen LogP contribution in [0.15, 0.2) is 36.4 Å². The summed E-state index contributed by atoms with van der Waals surface area (Å²) in [6.07, 6.45) is 0. The number of nitrogens with two attached hydrogens (primary N) is 1. The molecule has 1 fully saturated rings. The van der Waals surface area contributed by atoms with Crippen molar-refractivity contribution in [2.24, 2.45) is 0 Å². The molecule has 0 atom stereocenters. The van der Waals surface area contributed by atoms with E-state index in [-0.39, 0.29) is 6.03 Å². The molecule has 5 heteroatoms. The highest BCUT2D eigenvalue weighted by atomic mass is 16.2. The van der Waals surface area contributed by atoms with Crippen molar-refractivity contribution in [1.29, 1.82) is 0 Å². The maximum absolute atomic E-state index is 12.3. The van der Waals surface area contributed by atoms with Gasteiger partial charge in [-0.2, -0.15) is 0 Å². The number of hydrogen-bond donors (Lipinski definition) is 3. The largest absolute Gasteiger partial charge is 0.398 e. The first kappa shape index (κ1) is 12.7. The van der Waals surface area contributed by atoms with E-state index in [1.165, 1.54) is 0 Å². The highest BCUT2D eigenvalue weighted by Gasteiger charge is 2.16. The minimum Gasteiger partial charge on any atom is -0.398 e. The Kier molecular flexibility index (Phi) is 3.43. The molecule has 0 aliphatic carbocycles. The quantitative estimate of drug-likeness (QED) is 0.693. The van der Waals surface area contributed by atoms with Gasteiger partial charge in [0, 0.05) is 42.6 Å². The first-order valence-corrected chi connectivity index (χ1v) is 6.79. The number of carbonyl (C=O) groups is 1. The Morgan fingerprint density at radius 1 is 1.10 bits per heavy atom. The second-order valence-electron chi connectivity index (χ2n) is 4.92. The molecule has 5 nitrogen and oxygen atoms in total. The van der Waals surface area contributed by atoms with Crippen molar-refractivity contribution in [2.45, 2.75) is 0 Å². The summed E-state index contributed by atoms with van der Waals surface area (Å²) in [6.45, 7) is 3.16. The first-order valence-electron chi connectivity index (χ1n) is 6.79. The lowest BCUT2D eigenvalue weighted by Crippen LogP contribution is -2.48. The van der Waals surface area contributed by atoms with Gasteiger partial charge in [0.25, 0.3) is 0 Å². The van der Waals surface area contributed by atoms with Gasteiger partial charge in [-0.25, -0.2) is 4.79 Å². The maximum Gasteiger partial charge on any atom is 0.321 e. The highest BCUT2D eigenvalue weighted by Crippen LogP contribution is 2.27. The third-order valence-corrected chi connectivity index (χ3v) is 3.60. The molecule has 2 amide bonds. The lowest BCUT2D eigenvalue weighted by molar-refractivity contribution is 0.204. The number of amides is 2. The average molecular weight is 270 g/mol. The van der Waals surface area contributed by atoms with Gasteiger partial charge in [-0.1, -0.05) is 24.3 Å². The Morgan fingerprint density at radius 2 is 1.80 bits per heavy atom. The Hall–Kier alpha value is -2.27. The molecule has 20 heavy (non-hydrogen) atoms. The summed E-state index contributed by atoms with van der Waals surface area (Å²) in [7, 11) is 0. The summed E-state index contributed by atoms with van der Waals surface area (Å²) >= 11 is 0.